The van der Waals surface area contributed by atoms with Crippen molar-refractivity contribution in [2.24, 2.45) is 0 Å². The molecule has 0 fully saturated rings. The van der Waals surface area contributed by atoms with Crippen LogP contribution in [0.3, 0.4) is 0 Å². The Morgan fingerprint density at radius 3 is 2.74 bits per heavy atom. The van der Waals surface area contributed by atoms with Crippen LogP contribution in [0.5, 0.6) is 0 Å². The molecule has 0 spiro atoms. The maximum atomic E-state index is 12.2. The zero-order valence-electron chi connectivity index (χ0n) is 10.5. The lowest BCUT2D eigenvalue weighted by atomic mass is 10.2. The molecule has 4 nitrogen and oxygen atoms in total. The molecule has 0 saturated carbocycles. The first kappa shape index (κ1) is 13.9. The predicted octanol–water partition coefficient (Wildman–Crippen LogP) is 2.77. The molecule has 0 amide bonds. The Labute approximate surface area is 117 Å². The number of rotatable bonds is 4. The summed E-state index contributed by atoms with van der Waals surface area (Å²) in [4.78, 5) is 16.9. The van der Waals surface area contributed by atoms with Crippen molar-refractivity contribution in [3.8, 4) is 0 Å². The van der Waals surface area contributed by atoms with Crippen molar-refractivity contribution in [3.63, 3.8) is 0 Å². The second-order valence-corrected chi connectivity index (χ2v) is 6.81. The van der Waals surface area contributed by atoms with Gasteiger partial charge in [0.25, 0.3) is 0 Å². The van der Waals surface area contributed by atoms with Crippen LogP contribution in [0.2, 0.25) is 0 Å². The van der Waals surface area contributed by atoms with Gasteiger partial charge < -0.3 is 5.11 Å². The zero-order chi connectivity index (χ0) is 14.0. The Hall–Kier alpha value is -1.53. The van der Waals surface area contributed by atoms with Gasteiger partial charge in [0.15, 0.2) is 0 Å². The SMILES string of the molecule is Cc1nc(CS(=O)c2cccc(C(=O)O)c2)sc1C. The van der Waals surface area contributed by atoms with E-state index in [1.165, 1.54) is 23.5 Å². The summed E-state index contributed by atoms with van der Waals surface area (Å²) in [5, 5.41) is 9.73. The average Bonchev–Trinajstić information content (AvgIpc) is 2.68. The summed E-state index contributed by atoms with van der Waals surface area (Å²) in [7, 11) is -1.27. The Morgan fingerprint density at radius 2 is 2.16 bits per heavy atom. The van der Waals surface area contributed by atoms with Crippen molar-refractivity contribution in [1.82, 2.24) is 4.98 Å². The second-order valence-electron chi connectivity index (χ2n) is 4.07. The van der Waals surface area contributed by atoms with E-state index in [9.17, 15) is 9.00 Å². The maximum absolute atomic E-state index is 12.2. The molecule has 0 saturated heterocycles. The highest BCUT2D eigenvalue weighted by Crippen LogP contribution is 2.20. The molecule has 19 heavy (non-hydrogen) atoms. The Kier molecular flexibility index (Phi) is 4.11. The molecule has 2 rings (SSSR count). The van der Waals surface area contributed by atoms with Gasteiger partial charge in [-0.05, 0) is 32.0 Å². The minimum Gasteiger partial charge on any atom is -0.478 e. The Bertz CT molecular complexity index is 630. The highest BCUT2D eigenvalue weighted by atomic mass is 32.2. The number of thiazole rings is 1. The quantitative estimate of drug-likeness (QED) is 0.941. The van der Waals surface area contributed by atoms with Crippen molar-refractivity contribution < 1.29 is 14.1 Å². The topological polar surface area (TPSA) is 67.3 Å². The van der Waals surface area contributed by atoms with Gasteiger partial charge >= 0.3 is 5.97 Å². The molecule has 1 heterocycles. The highest BCUT2D eigenvalue weighted by molar-refractivity contribution is 7.84. The summed E-state index contributed by atoms with van der Waals surface area (Å²) < 4.78 is 12.2. The van der Waals surface area contributed by atoms with Gasteiger partial charge in [0.2, 0.25) is 0 Å². The minimum atomic E-state index is -1.27. The van der Waals surface area contributed by atoms with Crippen LogP contribution < -0.4 is 0 Å². The van der Waals surface area contributed by atoms with Gasteiger partial charge in [-0.1, -0.05) is 6.07 Å². The third-order valence-corrected chi connectivity index (χ3v) is 5.24. The maximum Gasteiger partial charge on any atom is 0.335 e. The highest BCUT2D eigenvalue weighted by Gasteiger charge is 2.12. The number of carboxylic acids is 1. The van der Waals surface area contributed by atoms with E-state index in [0.29, 0.717) is 10.6 Å². The molecular weight excluding hydrogens is 282 g/mol. The van der Waals surface area contributed by atoms with E-state index in [0.717, 1.165) is 15.6 Å². The normalized spacial score (nSPS) is 12.3. The van der Waals surface area contributed by atoms with Crippen LogP contribution in [0.4, 0.5) is 0 Å². The van der Waals surface area contributed by atoms with Crippen LogP contribution in [0.25, 0.3) is 0 Å². The number of hydrogen-bond acceptors (Lipinski definition) is 4. The first-order chi connectivity index (χ1) is 8.97. The van der Waals surface area contributed by atoms with E-state index in [1.807, 2.05) is 13.8 Å². The van der Waals surface area contributed by atoms with E-state index < -0.39 is 16.8 Å². The lowest BCUT2D eigenvalue weighted by molar-refractivity contribution is 0.0696. The summed E-state index contributed by atoms with van der Waals surface area (Å²) in [5.74, 6) is -0.692. The molecule has 6 heteroatoms. The summed E-state index contributed by atoms with van der Waals surface area (Å²) in [6.07, 6.45) is 0. The molecular formula is C13H13NO3S2. The molecule has 0 aliphatic rings. The molecule has 1 N–H and O–H groups in total. The fourth-order valence-electron chi connectivity index (χ4n) is 1.57. The Balaban J connectivity index is 2.20. The fourth-order valence-corrected chi connectivity index (χ4v) is 3.80. The number of aromatic carboxylic acids is 1. The van der Waals surface area contributed by atoms with Crippen LogP contribution in [0.15, 0.2) is 29.2 Å². The van der Waals surface area contributed by atoms with E-state index in [-0.39, 0.29) is 5.56 Å². The fraction of sp³-hybridized carbons (Fsp3) is 0.231. The van der Waals surface area contributed by atoms with Crippen LogP contribution in [0.1, 0.15) is 25.9 Å². The number of benzene rings is 1. The van der Waals surface area contributed by atoms with Crippen molar-refractivity contribution in [2.75, 3.05) is 0 Å². The van der Waals surface area contributed by atoms with Gasteiger partial charge in [-0.25, -0.2) is 9.78 Å². The summed E-state index contributed by atoms with van der Waals surface area (Å²) in [6, 6.07) is 6.22. The van der Waals surface area contributed by atoms with Gasteiger partial charge in [0.05, 0.1) is 27.8 Å². The zero-order valence-corrected chi connectivity index (χ0v) is 12.2. The number of hydrogen-bond donors (Lipinski definition) is 1. The lowest BCUT2D eigenvalue weighted by Crippen LogP contribution is -2.00. The molecule has 0 aliphatic heterocycles. The molecule has 0 bridgehead atoms. The summed E-state index contributed by atoms with van der Waals surface area (Å²) in [6.45, 7) is 3.90. The number of carbonyl (C=O) groups is 1. The number of carboxylic acid groups (broad SMARTS) is 1. The van der Waals surface area contributed by atoms with Crippen molar-refractivity contribution in [2.45, 2.75) is 24.5 Å². The van der Waals surface area contributed by atoms with Crippen LogP contribution in [0, 0.1) is 13.8 Å². The molecule has 1 aromatic carbocycles. The average molecular weight is 295 g/mol. The third kappa shape index (κ3) is 3.27. The monoisotopic (exact) mass is 295 g/mol. The number of nitrogens with zero attached hydrogens (tertiary/aromatic N) is 1. The van der Waals surface area contributed by atoms with E-state index in [4.69, 9.17) is 5.11 Å². The van der Waals surface area contributed by atoms with Crippen molar-refractivity contribution in [1.29, 1.82) is 0 Å². The smallest absolute Gasteiger partial charge is 0.335 e. The lowest BCUT2D eigenvalue weighted by Gasteiger charge is -2.01. The molecule has 1 atom stereocenters. The standard InChI is InChI=1S/C13H13NO3S2/c1-8-9(2)18-12(14-8)7-19(17)11-5-3-4-10(6-11)13(15)16/h3-6H,7H2,1-2H3,(H,15,16). The molecule has 100 valence electrons. The van der Waals surface area contributed by atoms with Gasteiger partial charge in [0, 0.05) is 9.77 Å². The van der Waals surface area contributed by atoms with Gasteiger partial charge in [-0.15, -0.1) is 11.3 Å². The summed E-state index contributed by atoms with van der Waals surface area (Å²) in [5.41, 5.74) is 1.11. The van der Waals surface area contributed by atoms with E-state index in [1.54, 1.807) is 12.1 Å². The largest absolute Gasteiger partial charge is 0.478 e. The third-order valence-electron chi connectivity index (χ3n) is 2.67. The van der Waals surface area contributed by atoms with Crippen molar-refractivity contribution in [3.05, 3.63) is 45.4 Å². The molecule has 1 aromatic heterocycles. The van der Waals surface area contributed by atoms with Gasteiger partial charge in [0.1, 0.15) is 5.01 Å². The van der Waals surface area contributed by atoms with Gasteiger partial charge in [-0.2, -0.15) is 0 Å². The molecule has 0 aliphatic carbocycles. The van der Waals surface area contributed by atoms with Crippen LogP contribution in [-0.4, -0.2) is 20.3 Å². The minimum absolute atomic E-state index is 0.150. The van der Waals surface area contributed by atoms with E-state index >= 15 is 0 Å². The van der Waals surface area contributed by atoms with Crippen LogP contribution in [-0.2, 0) is 16.6 Å². The van der Waals surface area contributed by atoms with Crippen molar-refractivity contribution >= 4 is 28.1 Å². The van der Waals surface area contributed by atoms with Crippen LogP contribution >= 0.6 is 11.3 Å². The predicted molar refractivity (Wildman–Crippen MR) is 75.1 cm³/mol. The van der Waals surface area contributed by atoms with E-state index in [2.05, 4.69) is 4.98 Å². The Morgan fingerprint density at radius 1 is 1.42 bits per heavy atom. The number of aromatic nitrogens is 1. The van der Waals surface area contributed by atoms with Gasteiger partial charge in [-0.3, -0.25) is 4.21 Å². The first-order valence-corrected chi connectivity index (χ1v) is 7.75. The summed E-state index contributed by atoms with van der Waals surface area (Å²) >= 11 is 1.53. The number of aryl methyl sites for hydroxylation is 2. The molecule has 1 unspecified atom stereocenters. The first-order valence-electron chi connectivity index (χ1n) is 5.62. The molecule has 2 aromatic rings. The molecule has 0 radical (unpaired) electrons. The second kappa shape index (κ2) is 5.63.